The van der Waals surface area contributed by atoms with Gasteiger partial charge in [0.05, 0.1) is 12.5 Å². The molecule has 3 aromatic rings. The minimum atomic E-state index is -1.36. The van der Waals surface area contributed by atoms with Gasteiger partial charge in [0.2, 0.25) is 35.4 Å². The second-order valence-electron chi connectivity index (χ2n) is 13.1. The van der Waals surface area contributed by atoms with Crippen molar-refractivity contribution in [2.75, 3.05) is 6.54 Å². The average Bonchev–Trinajstić information content (AvgIpc) is 3.10. The van der Waals surface area contributed by atoms with Gasteiger partial charge in [0.1, 0.15) is 29.9 Å². The van der Waals surface area contributed by atoms with Gasteiger partial charge in [0, 0.05) is 6.54 Å². The number of primary amides is 1. The van der Waals surface area contributed by atoms with Crippen molar-refractivity contribution in [1.82, 2.24) is 26.6 Å². The number of carbonyl (C=O) groups is 6. The monoisotopic (exact) mass is 713 g/mol. The predicted molar refractivity (Wildman–Crippen MR) is 193 cm³/mol. The molecular formula is C38H47N7O7. The Bertz CT molecular complexity index is 1760. The lowest BCUT2D eigenvalue weighted by Crippen LogP contribution is -2.54. The maximum absolute atomic E-state index is 14.1. The molecule has 10 N–H and O–H groups in total. The van der Waals surface area contributed by atoms with Crippen molar-refractivity contribution >= 4 is 35.4 Å². The molecule has 0 saturated carbocycles. The van der Waals surface area contributed by atoms with Crippen LogP contribution in [0.25, 0.3) is 0 Å². The van der Waals surface area contributed by atoms with E-state index in [4.69, 9.17) is 11.5 Å². The molecule has 52 heavy (non-hydrogen) atoms. The normalized spacial score (nSPS) is 21.4. The fraction of sp³-hybridized carbons (Fsp3) is 0.368. The van der Waals surface area contributed by atoms with Gasteiger partial charge in [0.15, 0.2) is 0 Å². The first-order chi connectivity index (χ1) is 24.7. The zero-order valence-electron chi connectivity index (χ0n) is 29.5. The van der Waals surface area contributed by atoms with Crippen LogP contribution in [0.15, 0.2) is 66.7 Å². The summed E-state index contributed by atoms with van der Waals surface area (Å²) in [4.78, 5) is 80.4. The molecule has 4 rings (SSSR count). The maximum Gasteiger partial charge on any atom is 0.248 e. The third-order valence-corrected chi connectivity index (χ3v) is 9.01. The van der Waals surface area contributed by atoms with Crippen LogP contribution in [0.2, 0.25) is 0 Å². The van der Waals surface area contributed by atoms with Crippen molar-refractivity contribution in [3.05, 3.63) is 100 Å². The van der Waals surface area contributed by atoms with Gasteiger partial charge < -0.3 is 43.2 Å². The summed E-state index contributed by atoms with van der Waals surface area (Å²) in [5.41, 5.74) is 15.9. The highest BCUT2D eigenvalue weighted by Gasteiger charge is 2.34. The van der Waals surface area contributed by atoms with Crippen molar-refractivity contribution in [1.29, 1.82) is 0 Å². The second-order valence-corrected chi connectivity index (χ2v) is 13.1. The summed E-state index contributed by atoms with van der Waals surface area (Å²) in [5.74, 6) is -4.19. The van der Waals surface area contributed by atoms with Gasteiger partial charge in [-0.15, -0.1) is 0 Å². The first-order valence-electron chi connectivity index (χ1n) is 17.2. The van der Waals surface area contributed by atoms with Crippen molar-refractivity contribution in [3.8, 4) is 5.75 Å². The lowest BCUT2D eigenvalue weighted by Gasteiger charge is -2.27. The molecule has 0 unspecified atom stereocenters. The molecule has 0 radical (unpaired) electrons. The summed E-state index contributed by atoms with van der Waals surface area (Å²) in [6, 6.07) is 12.1. The molecule has 1 aliphatic heterocycles. The van der Waals surface area contributed by atoms with Crippen molar-refractivity contribution in [2.45, 2.75) is 83.1 Å². The maximum atomic E-state index is 14.1. The minimum Gasteiger partial charge on any atom is -0.508 e. The van der Waals surface area contributed by atoms with E-state index in [1.165, 1.54) is 0 Å². The Balaban J connectivity index is 1.67. The minimum absolute atomic E-state index is 0.0990. The number of phenolic OH excluding ortho intramolecular Hbond substituents is 1. The van der Waals surface area contributed by atoms with Gasteiger partial charge in [-0.05, 0) is 86.4 Å². The van der Waals surface area contributed by atoms with E-state index in [1.807, 2.05) is 6.92 Å². The first kappa shape index (κ1) is 39.0. The van der Waals surface area contributed by atoms with Crippen LogP contribution in [0.4, 0.5) is 0 Å². The Morgan fingerprint density at radius 1 is 0.827 bits per heavy atom. The van der Waals surface area contributed by atoms with Crippen LogP contribution in [0.5, 0.6) is 5.75 Å². The molecule has 14 nitrogen and oxygen atoms in total. The molecule has 0 spiro atoms. The number of rotatable bonds is 7. The van der Waals surface area contributed by atoms with Crippen LogP contribution in [-0.4, -0.2) is 65.2 Å². The molecule has 1 aliphatic rings. The van der Waals surface area contributed by atoms with Gasteiger partial charge in [-0.25, -0.2) is 0 Å². The average molecular weight is 714 g/mol. The van der Waals surface area contributed by atoms with E-state index in [9.17, 15) is 33.9 Å². The highest BCUT2D eigenvalue weighted by atomic mass is 16.3. The summed E-state index contributed by atoms with van der Waals surface area (Å²) >= 11 is 0. The number of amides is 6. The Morgan fingerprint density at radius 2 is 1.40 bits per heavy atom. The van der Waals surface area contributed by atoms with Gasteiger partial charge in [0.25, 0.3) is 0 Å². The molecule has 3 aromatic carbocycles. The number of aryl methyl sites for hydroxylation is 3. The molecule has 1 heterocycles. The van der Waals surface area contributed by atoms with E-state index in [1.54, 1.807) is 80.6 Å². The molecule has 5 atom stereocenters. The summed E-state index contributed by atoms with van der Waals surface area (Å²) < 4.78 is 0. The van der Waals surface area contributed by atoms with E-state index >= 15 is 0 Å². The molecular weight excluding hydrogens is 666 g/mol. The van der Waals surface area contributed by atoms with Gasteiger partial charge in [-0.2, -0.15) is 0 Å². The van der Waals surface area contributed by atoms with E-state index < -0.39 is 72.1 Å². The summed E-state index contributed by atoms with van der Waals surface area (Å²) in [6.45, 7) is 5.65. The van der Waals surface area contributed by atoms with Crippen molar-refractivity contribution in [3.63, 3.8) is 0 Å². The molecule has 14 heteroatoms. The number of carbonyl (C=O) groups excluding carboxylic acids is 6. The number of hydrogen-bond acceptors (Lipinski definition) is 8. The van der Waals surface area contributed by atoms with Gasteiger partial charge >= 0.3 is 0 Å². The third-order valence-electron chi connectivity index (χ3n) is 9.01. The van der Waals surface area contributed by atoms with Crippen LogP contribution in [-0.2, 0) is 35.2 Å². The number of nitrogens with two attached hydrogens (primary N) is 2. The number of phenols is 1. The lowest BCUT2D eigenvalue weighted by molar-refractivity contribution is -0.135. The van der Waals surface area contributed by atoms with Crippen LogP contribution in [0.1, 0.15) is 71.1 Å². The zero-order chi connectivity index (χ0) is 37.9. The standard InChI is InChI=1S/C38H47N7O7/c1-21-12-14-25(15-13-21)33-38(52)45-32(24-9-5-4-6-10-24)37(51)43-30(34(40)48)20-31(47)41-16-8-7-11-29(36(50)44-33)42-35(49)28(39)19-27-22(2)17-26(46)18-23(27)3/h4-6,9-10,12-15,17-18,28-30,32-33,46H,7-8,11,16,19-20,39H2,1-3H3,(H2,40,48)(H,41,47)(H,42,49)(H,43,51)(H,44,50)(H,45,52)/t28-,29+,30-,32-,33-/m0/s1. The van der Waals surface area contributed by atoms with E-state index in [0.717, 1.165) is 22.3 Å². The first-order valence-corrected chi connectivity index (χ1v) is 17.2. The van der Waals surface area contributed by atoms with Crippen molar-refractivity contribution < 1.29 is 33.9 Å². The third kappa shape index (κ3) is 10.6. The van der Waals surface area contributed by atoms with E-state index in [-0.39, 0.29) is 25.1 Å². The Labute approximate surface area is 302 Å². The molecule has 0 bridgehead atoms. The van der Waals surface area contributed by atoms with Gasteiger partial charge in [-0.1, -0.05) is 60.2 Å². The Morgan fingerprint density at radius 3 is 2.02 bits per heavy atom. The topological polar surface area (TPSA) is 235 Å². The molecule has 0 aromatic heterocycles. The SMILES string of the molecule is Cc1ccc([C@@H]2NC(=O)[C@H](NC(=O)[C@@H](N)Cc3c(C)cc(O)cc3C)CCCCNC(=O)C[C@@H](C(N)=O)NC(=O)[C@H](c3ccccc3)NC2=O)cc1. The molecule has 6 amide bonds. The van der Waals surface area contributed by atoms with E-state index in [2.05, 4.69) is 26.6 Å². The molecule has 1 fully saturated rings. The number of hydrogen-bond donors (Lipinski definition) is 8. The highest BCUT2D eigenvalue weighted by Crippen LogP contribution is 2.23. The fourth-order valence-electron chi connectivity index (χ4n) is 6.06. The van der Waals surface area contributed by atoms with Crippen LogP contribution < -0.4 is 38.1 Å². The van der Waals surface area contributed by atoms with Crippen LogP contribution in [0.3, 0.4) is 0 Å². The van der Waals surface area contributed by atoms with Crippen LogP contribution >= 0.6 is 0 Å². The molecule has 0 aliphatic carbocycles. The quantitative estimate of drug-likeness (QED) is 0.176. The molecule has 276 valence electrons. The summed E-state index contributed by atoms with van der Waals surface area (Å²) in [6.07, 6.45) is 0.621. The number of aromatic hydroxyl groups is 1. The smallest absolute Gasteiger partial charge is 0.248 e. The number of nitrogens with one attached hydrogen (secondary N) is 5. The largest absolute Gasteiger partial charge is 0.508 e. The fourth-order valence-corrected chi connectivity index (χ4v) is 6.06. The second kappa shape index (κ2) is 17.9. The van der Waals surface area contributed by atoms with Crippen molar-refractivity contribution in [2.24, 2.45) is 11.5 Å². The number of benzene rings is 3. The van der Waals surface area contributed by atoms with Crippen LogP contribution in [0, 0.1) is 20.8 Å². The Hall–Kier alpha value is -5.76. The molecule has 1 saturated heterocycles. The lowest BCUT2D eigenvalue weighted by atomic mass is 9.95. The van der Waals surface area contributed by atoms with Gasteiger partial charge in [-0.3, -0.25) is 28.8 Å². The zero-order valence-corrected chi connectivity index (χ0v) is 29.5. The summed E-state index contributed by atoms with van der Waals surface area (Å²) in [7, 11) is 0. The summed E-state index contributed by atoms with van der Waals surface area (Å²) in [5, 5.41) is 23.4. The highest BCUT2D eigenvalue weighted by molar-refractivity contribution is 5.97. The predicted octanol–water partition coefficient (Wildman–Crippen LogP) is 1.05. The van der Waals surface area contributed by atoms with E-state index in [0.29, 0.717) is 24.0 Å². The Kier molecular flexibility index (Phi) is 13.5.